The van der Waals surface area contributed by atoms with E-state index in [0.717, 1.165) is 12.8 Å². The lowest BCUT2D eigenvalue weighted by atomic mass is 10.3. The fraction of sp³-hybridized carbons (Fsp3) is 0.350. The summed E-state index contributed by atoms with van der Waals surface area (Å²) in [5.41, 5.74) is 0.453. The molecule has 0 aliphatic carbocycles. The molecule has 2 rings (SSSR count). The molecule has 0 aliphatic heterocycles. The molecule has 0 aliphatic rings. The number of nitrogens with one attached hydrogen (secondary N) is 1. The van der Waals surface area contributed by atoms with Crippen molar-refractivity contribution in [2.24, 2.45) is 0 Å². The molecular formula is C20H25FN2O4S. The average Bonchev–Trinajstić information content (AvgIpc) is 2.68. The van der Waals surface area contributed by atoms with E-state index in [9.17, 15) is 17.6 Å². The number of rotatable bonds is 9. The van der Waals surface area contributed by atoms with E-state index in [1.165, 1.54) is 52.8 Å². The Balaban J connectivity index is 1.99. The third-order valence-corrected chi connectivity index (χ3v) is 6.02. The van der Waals surface area contributed by atoms with E-state index in [0.29, 0.717) is 18.0 Å². The number of hydrogen-bond donors (Lipinski definition) is 1. The molecule has 0 radical (unpaired) electrons. The van der Waals surface area contributed by atoms with Crippen LogP contribution in [0.5, 0.6) is 5.75 Å². The Hall–Kier alpha value is -2.45. The number of amides is 1. The van der Waals surface area contributed by atoms with Crippen molar-refractivity contribution >= 4 is 21.6 Å². The second-order valence-corrected chi connectivity index (χ2v) is 8.45. The van der Waals surface area contributed by atoms with Crippen LogP contribution in [0.4, 0.5) is 10.1 Å². The summed E-state index contributed by atoms with van der Waals surface area (Å²) in [6.45, 7) is 4.02. The predicted molar refractivity (Wildman–Crippen MR) is 106 cm³/mol. The first-order valence-corrected chi connectivity index (χ1v) is 10.5. The molecular weight excluding hydrogens is 383 g/mol. The van der Waals surface area contributed by atoms with Gasteiger partial charge in [0.15, 0.2) is 6.10 Å². The van der Waals surface area contributed by atoms with Gasteiger partial charge in [-0.25, -0.2) is 17.1 Å². The first-order chi connectivity index (χ1) is 13.2. The van der Waals surface area contributed by atoms with Crippen molar-refractivity contribution in [3.63, 3.8) is 0 Å². The number of unbranched alkanes of at least 4 members (excludes halogenated alkanes) is 1. The highest BCUT2D eigenvalue weighted by molar-refractivity contribution is 7.89. The second-order valence-electron chi connectivity index (χ2n) is 6.41. The number of anilines is 1. The Kier molecular flexibility index (Phi) is 7.53. The van der Waals surface area contributed by atoms with Crippen LogP contribution in [0.3, 0.4) is 0 Å². The van der Waals surface area contributed by atoms with Gasteiger partial charge in [0.05, 0.1) is 4.90 Å². The fourth-order valence-corrected chi connectivity index (χ4v) is 3.62. The van der Waals surface area contributed by atoms with Crippen molar-refractivity contribution in [3.8, 4) is 5.75 Å². The van der Waals surface area contributed by atoms with Gasteiger partial charge in [0.25, 0.3) is 5.91 Å². The van der Waals surface area contributed by atoms with Gasteiger partial charge < -0.3 is 10.1 Å². The van der Waals surface area contributed by atoms with Crippen molar-refractivity contribution in [1.82, 2.24) is 4.31 Å². The van der Waals surface area contributed by atoms with E-state index in [1.807, 2.05) is 6.92 Å². The van der Waals surface area contributed by atoms with Crippen LogP contribution in [0, 0.1) is 5.82 Å². The van der Waals surface area contributed by atoms with Crippen LogP contribution >= 0.6 is 0 Å². The maximum Gasteiger partial charge on any atom is 0.265 e. The van der Waals surface area contributed by atoms with E-state index in [1.54, 1.807) is 14.0 Å². The fourth-order valence-electron chi connectivity index (χ4n) is 2.41. The third-order valence-electron chi connectivity index (χ3n) is 4.15. The second kappa shape index (κ2) is 9.66. The van der Waals surface area contributed by atoms with Gasteiger partial charge in [0, 0.05) is 19.3 Å². The van der Waals surface area contributed by atoms with E-state index >= 15 is 0 Å². The third kappa shape index (κ3) is 5.77. The molecule has 28 heavy (non-hydrogen) atoms. The quantitative estimate of drug-likeness (QED) is 0.687. The molecule has 0 saturated heterocycles. The first kappa shape index (κ1) is 21.8. The maximum absolute atomic E-state index is 12.9. The normalized spacial score (nSPS) is 12.6. The van der Waals surface area contributed by atoms with E-state index in [2.05, 4.69) is 5.32 Å². The van der Waals surface area contributed by atoms with Gasteiger partial charge in [-0.1, -0.05) is 13.3 Å². The number of carbonyl (C=O) groups is 1. The number of ether oxygens (including phenoxy) is 1. The molecule has 1 amide bonds. The smallest absolute Gasteiger partial charge is 0.265 e. The van der Waals surface area contributed by atoms with Gasteiger partial charge in [-0.05, 0) is 61.9 Å². The maximum atomic E-state index is 12.9. The minimum atomic E-state index is -3.55. The molecule has 152 valence electrons. The average molecular weight is 408 g/mol. The van der Waals surface area contributed by atoms with Crippen LogP contribution in [0.2, 0.25) is 0 Å². The summed E-state index contributed by atoms with van der Waals surface area (Å²) in [5.74, 6) is -0.416. The lowest BCUT2D eigenvalue weighted by Crippen LogP contribution is -2.30. The van der Waals surface area contributed by atoms with Crippen LogP contribution in [0.25, 0.3) is 0 Å². The number of carbonyl (C=O) groups excluding carboxylic acids is 1. The van der Waals surface area contributed by atoms with Crippen LogP contribution in [-0.4, -0.2) is 38.3 Å². The summed E-state index contributed by atoms with van der Waals surface area (Å²) in [5, 5.41) is 2.67. The van der Waals surface area contributed by atoms with Crippen molar-refractivity contribution in [1.29, 1.82) is 0 Å². The van der Waals surface area contributed by atoms with Gasteiger partial charge in [0.2, 0.25) is 10.0 Å². The number of nitrogens with zero attached hydrogens (tertiary/aromatic N) is 1. The van der Waals surface area contributed by atoms with Gasteiger partial charge in [-0.15, -0.1) is 0 Å². The zero-order chi connectivity index (χ0) is 20.7. The number of sulfonamides is 1. The Morgan fingerprint density at radius 1 is 1.14 bits per heavy atom. The van der Waals surface area contributed by atoms with E-state index < -0.39 is 22.0 Å². The summed E-state index contributed by atoms with van der Waals surface area (Å²) >= 11 is 0. The minimum absolute atomic E-state index is 0.166. The summed E-state index contributed by atoms with van der Waals surface area (Å²) in [4.78, 5) is 12.4. The molecule has 8 heteroatoms. The van der Waals surface area contributed by atoms with Gasteiger partial charge >= 0.3 is 0 Å². The molecule has 0 bridgehead atoms. The van der Waals surface area contributed by atoms with Gasteiger partial charge in [-0.3, -0.25) is 4.79 Å². The highest BCUT2D eigenvalue weighted by atomic mass is 32.2. The SMILES string of the molecule is CCCCN(C)S(=O)(=O)c1ccc(NC(=O)C(C)Oc2ccc(F)cc2)cc1. The summed E-state index contributed by atoms with van der Waals surface area (Å²) in [6.07, 6.45) is 0.882. The molecule has 1 N–H and O–H groups in total. The Morgan fingerprint density at radius 2 is 1.75 bits per heavy atom. The van der Waals surface area contributed by atoms with Gasteiger partial charge in [-0.2, -0.15) is 0 Å². The monoisotopic (exact) mass is 408 g/mol. The zero-order valence-corrected chi connectivity index (χ0v) is 17.0. The standard InChI is InChI=1S/C20H25FN2O4S/c1-4-5-14-23(3)28(25,26)19-12-8-17(9-13-19)22-20(24)15(2)27-18-10-6-16(21)7-11-18/h6-13,15H,4-5,14H2,1-3H3,(H,22,24). The van der Waals surface area contributed by atoms with Crippen LogP contribution in [-0.2, 0) is 14.8 Å². The molecule has 0 saturated carbocycles. The summed E-state index contributed by atoms with van der Waals surface area (Å²) in [6, 6.07) is 11.3. The van der Waals surface area contributed by atoms with E-state index in [4.69, 9.17) is 4.74 Å². The Bertz CT molecular complexity index is 883. The van der Waals surface area contributed by atoms with Crippen molar-refractivity contribution in [2.45, 2.75) is 37.7 Å². The largest absolute Gasteiger partial charge is 0.481 e. The zero-order valence-electron chi connectivity index (χ0n) is 16.2. The number of hydrogen-bond acceptors (Lipinski definition) is 4. The molecule has 1 atom stereocenters. The molecule has 1 unspecified atom stereocenters. The molecule has 6 nitrogen and oxygen atoms in total. The highest BCUT2D eigenvalue weighted by Crippen LogP contribution is 2.19. The van der Waals surface area contributed by atoms with Crippen LogP contribution in [0.15, 0.2) is 53.4 Å². The minimum Gasteiger partial charge on any atom is -0.481 e. The van der Waals surface area contributed by atoms with Crippen molar-refractivity contribution < 1.29 is 22.3 Å². The summed E-state index contributed by atoms with van der Waals surface area (Å²) in [7, 11) is -2.00. The number of benzene rings is 2. The number of halogens is 1. The highest BCUT2D eigenvalue weighted by Gasteiger charge is 2.20. The Labute approximate surface area is 165 Å². The topological polar surface area (TPSA) is 75.7 Å². The van der Waals surface area contributed by atoms with Crippen molar-refractivity contribution in [3.05, 3.63) is 54.3 Å². The molecule has 0 spiro atoms. The molecule has 2 aromatic rings. The molecule has 2 aromatic carbocycles. The van der Waals surface area contributed by atoms with Crippen LogP contribution in [0.1, 0.15) is 26.7 Å². The predicted octanol–water partition coefficient (Wildman–Crippen LogP) is 3.65. The van der Waals surface area contributed by atoms with Crippen molar-refractivity contribution in [2.75, 3.05) is 18.9 Å². The van der Waals surface area contributed by atoms with Gasteiger partial charge in [0.1, 0.15) is 11.6 Å². The Morgan fingerprint density at radius 3 is 2.32 bits per heavy atom. The first-order valence-electron chi connectivity index (χ1n) is 9.03. The lowest BCUT2D eigenvalue weighted by Gasteiger charge is -2.17. The van der Waals surface area contributed by atoms with Crippen LogP contribution < -0.4 is 10.1 Å². The van der Waals surface area contributed by atoms with E-state index in [-0.39, 0.29) is 10.7 Å². The molecule has 0 fully saturated rings. The molecule has 0 aromatic heterocycles. The summed E-state index contributed by atoms with van der Waals surface area (Å²) < 4.78 is 44.7. The lowest BCUT2D eigenvalue weighted by molar-refractivity contribution is -0.122. The molecule has 0 heterocycles.